The van der Waals surface area contributed by atoms with Crippen LogP contribution in [0.25, 0.3) is 0 Å². The van der Waals surface area contributed by atoms with Crippen molar-refractivity contribution in [3.05, 3.63) is 59.8 Å². The summed E-state index contributed by atoms with van der Waals surface area (Å²) in [6, 6.07) is 11.5. The van der Waals surface area contributed by atoms with Crippen LogP contribution in [0.4, 0.5) is 11.6 Å². The van der Waals surface area contributed by atoms with Gasteiger partial charge in [0.1, 0.15) is 23.2 Å². The fourth-order valence-corrected chi connectivity index (χ4v) is 2.52. The number of rotatable bonds is 8. The van der Waals surface area contributed by atoms with Crippen LogP contribution in [-0.4, -0.2) is 24.2 Å². The topological polar surface area (TPSA) is 81.4 Å². The number of aryl methyl sites for hydroxylation is 1. The maximum Gasteiger partial charge on any atom is 0.161 e. The summed E-state index contributed by atoms with van der Waals surface area (Å²) in [7, 11) is 3.25. The molecular weight excluding hydrogens is 332 g/mol. The molecule has 1 aromatic carbocycles. The van der Waals surface area contributed by atoms with Gasteiger partial charge in [0, 0.05) is 12.6 Å². The van der Waals surface area contributed by atoms with E-state index < -0.39 is 0 Å². The van der Waals surface area contributed by atoms with Gasteiger partial charge < -0.3 is 24.5 Å². The quantitative estimate of drug-likeness (QED) is 0.639. The predicted molar refractivity (Wildman–Crippen MR) is 99.7 cm³/mol. The summed E-state index contributed by atoms with van der Waals surface area (Å²) in [6.07, 6.45) is 1.65. The van der Waals surface area contributed by atoms with Crippen LogP contribution < -0.4 is 20.1 Å². The molecule has 0 aliphatic heterocycles. The van der Waals surface area contributed by atoms with Crippen molar-refractivity contribution in [2.24, 2.45) is 0 Å². The fraction of sp³-hybridized carbons (Fsp3) is 0.263. The second-order valence-electron chi connectivity index (χ2n) is 5.66. The summed E-state index contributed by atoms with van der Waals surface area (Å²) >= 11 is 0. The summed E-state index contributed by atoms with van der Waals surface area (Å²) in [5, 5.41) is 6.55. The van der Waals surface area contributed by atoms with Gasteiger partial charge in [-0.3, -0.25) is 0 Å². The van der Waals surface area contributed by atoms with E-state index in [1.54, 1.807) is 20.5 Å². The number of anilines is 2. The summed E-state index contributed by atoms with van der Waals surface area (Å²) in [5.41, 5.74) is 1.06. The first-order chi connectivity index (χ1) is 12.7. The minimum Gasteiger partial charge on any atom is -0.493 e. The van der Waals surface area contributed by atoms with Crippen LogP contribution in [0.2, 0.25) is 0 Å². The Morgan fingerprint density at radius 3 is 2.31 bits per heavy atom. The van der Waals surface area contributed by atoms with E-state index in [1.807, 2.05) is 43.3 Å². The molecule has 136 valence electrons. The second kappa shape index (κ2) is 8.24. The third kappa shape index (κ3) is 4.44. The van der Waals surface area contributed by atoms with Crippen molar-refractivity contribution >= 4 is 11.6 Å². The zero-order chi connectivity index (χ0) is 18.4. The van der Waals surface area contributed by atoms with Gasteiger partial charge in [-0.1, -0.05) is 6.07 Å². The molecular formula is C19H22N4O3. The number of ether oxygens (including phenoxy) is 2. The van der Waals surface area contributed by atoms with Crippen molar-refractivity contribution in [1.29, 1.82) is 0 Å². The van der Waals surface area contributed by atoms with E-state index in [4.69, 9.17) is 13.9 Å². The van der Waals surface area contributed by atoms with Crippen LogP contribution in [0, 0.1) is 6.92 Å². The molecule has 0 fully saturated rings. The maximum atomic E-state index is 5.34. The highest BCUT2D eigenvalue weighted by Crippen LogP contribution is 2.27. The molecule has 7 heteroatoms. The van der Waals surface area contributed by atoms with E-state index in [2.05, 4.69) is 20.6 Å². The molecule has 0 saturated carbocycles. The summed E-state index contributed by atoms with van der Waals surface area (Å²) in [6.45, 7) is 3.03. The number of methoxy groups -OCH3 is 2. The van der Waals surface area contributed by atoms with Crippen molar-refractivity contribution in [3.63, 3.8) is 0 Å². The lowest BCUT2D eigenvalue weighted by molar-refractivity contribution is 0.354. The zero-order valence-corrected chi connectivity index (χ0v) is 15.1. The SMILES string of the molecule is COc1ccc(CNc2cc(NCc3ccco3)nc(C)n2)cc1OC. The average Bonchev–Trinajstić information content (AvgIpc) is 3.17. The Hall–Kier alpha value is -3.22. The van der Waals surface area contributed by atoms with Gasteiger partial charge in [-0.15, -0.1) is 0 Å². The molecule has 3 aromatic rings. The van der Waals surface area contributed by atoms with E-state index in [0.717, 1.165) is 23.0 Å². The largest absolute Gasteiger partial charge is 0.493 e. The molecule has 2 aromatic heterocycles. The van der Waals surface area contributed by atoms with Gasteiger partial charge in [0.15, 0.2) is 11.5 Å². The summed E-state index contributed by atoms with van der Waals surface area (Å²) in [5.74, 6) is 4.42. The van der Waals surface area contributed by atoms with Gasteiger partial charge in [0.25, 0.3) is 0 Å². The van der Waals surface area contributed by atoms with E-state index in [-0.39, 0.29) is 0 Å². The summed E-state index contributed by atoms with van der Waals surface area (Å²) in [4.78, 5) is 8.83. The van der Waals surface area contributed by atoms with Gasteiger partial charge in [0.2, 0.25) is 0 Å². The molecule has 26 heavy (non-hydrogen) atoms. The van der Waals surface area contributed by atoms with Crippen molar-refractivity contribution < 1.29 is 13.9 Å². The monoisotopic (exact) mass is 354 g/mol. The minimum absolute atomic E-state index is 0.568. The van der Waals surface area contributed by atoms with Crippen molar-refractivity contribution in [3.8, 4) is 11.5 Å². The molecule has 0 radical (unpaired) electrons. The number of nitrogens with zero attached hydrogens (tertiary/aromatic N) is 2. The first kappa shape index (κ1) is 17.6. The molecule has 0 saturated heterocycles. The average molecular weight is 354 g/mol. The molecule has 0 aliphatic carbocycles. The van der Waals surface area contributed by atoms with E-state index >= 15 is 0 Å². The first-order valence-electron chi connectivity index (χ1n) is 8.24. The third-order valence-electron chi connectivity index (χ3n) is 3.78. The summed E-state index contributed by atoms with van der Waals surface area (Å²) < 4.78 is 15.9. The Morgan fingerprint density at radius 2 is 1.65 bits per heavy atom. The highest BCUT2D eigenvalue weighted by atomic mass is 16.5. The molecule has 0 bridgehead atoms. The Morgan fingerprint density at radius 1 is 0.923 bits per heavy atom. The van der Waals surface area contributed by atoms with Crippen LogP contribution in [0.3, 0.4) is 0 Å². The molecule has 0 unspecified atom stereocenters. The van der Waals surface area contributed by atoms with Gasteiger partial charge >= 0.3 is 0 Å². The molecule has 0 amide bonds. The normalized spacial score (nSPS) is 10.4. The van der Waals surface area contributed by atoms with Crippen LogP contribution in [0.15, 0.2) is 47.1 Å². The van der Waals surface area contributed by atoms with E-state index in [1.165, 1.54) is 0 Å². The Kier molecular flexibility index (Phi) is 5.58. The van der Waals surface area contributed by atoms with Crippen LogP contribution >= 0.6 is 0 Å². The standard InChI is InChI=1S/C19H22N4O3/c1-13-22-18(10-19(23-13)21-12-15-5-4-8-26-15)20-11-14-6-7-16(24-2)17(9-14)25-3/h4-10H,11-12H2,1-3H3,(H2,20,21,22,23). The van der Waals surface area contributed by atoms with Gasteiger partial charge in [-0.25, -0.2) is 9.97 Å². The fourth-order valence-electron chi connectivity index (χ4n) is 2.52. The van der Waals surface area contributed by atoms with Crippen LogP contribution in [0.1, 0.15) is 17.1 Å². The highest BCUT2D eigenvalue weighted by Gasteiger charge is 2.06. The van der Waals surface area contributed by atoms with Gasteiger partial charge in [-0.05, 0) is 36.8 Å². The number of hydrogen-bond acceptors (Lipinski definition) is 7. The molecule has 0 spiro atoms. The second-order valence-corrected chi connectivity index (χ2v) is 5.66. The lowest BCUT2D eigenvalue weighted by Gasteiger charge is -2.12. The minimum atomic E-state index is 0.568. The molecule has 2 heterocycles. The molecule has 3 rings (SSSR count). The predicted octanol–water partition coefficient (Wildman–Crippen LogP) is 3.62. The number of nitrogens with one attached hydrogen (secondary N) is 2. The zero-order valence-electron chi connectivity index (χ0n) is 15.1. The maximum absolute atomic E-state index is 5.34. The van der Waals surface area contributed by atoms with Gasteiger partial charge in [-0.2, -0.15) is 0 Å². The lowest BCUT2D eigenvalue weighted by atomic mass is 10.2. The van der Waals surface area contributed by atoms with Crippen molar-refractivity contribution in [2.75, 3.05) is 24.9 Å². The smallest absolute Gasteiger partial charge is 0.161 e. The van der Waals surface area contributed by atoms with Crippen LogP contribution in [-0.2, 0) is 13.1 Å². The highest BCUT2D eigenvalue weighted by molar-refractivity contribution is 5.49. The Balaban J connectivity index is 1.66. The number of furan rings is 1. The van der Waals surface area contributed by atoms with Crippen molar-refractivity contribution in [2.45, 2.75) is 20.0 Å². The van der Waals surface area contributed by atoms with Gasteiger partial charge in [0.05, 0.1) is 27.0 Å². The Labute approximate surface area is 152 Å². The van der Waals surface area contributed by atoms with Crippen molar-refractivity contribution in [1.82, 2.24) is 9.97 Å². The molecule has 2 N–H and O–H groups in total. The molecule has 0 atom stereocenters. The lowest BCUT2D eigenvalue weighted by Crippen LogP contribution is -2.07. The van der Waals surface area contributed by atoms with E-state index in [9.17, 15) is 0 Å². The molecule has 0 aliphatic rings. The van der Waals surface area contributed by atoms with E-state index in [0.29, 0.717) is 30.4 Å². The number of benzene rings is 1. The third-order valence-corrected chi connectivity index (χ3v) is 3.78. The first-order valence-corrected chi connectivity index (χ1v) is 8.24. The number of hydrogen-bond donors (Lipinski definition) is 2. The number of aromatic nitrogens is 2. The van der Waals surface area contributed by atoms with Crippen LogP contribution in [0.5, 0.6) is 11.5 Å². The molecule has 7 nitrogen and oxygen atoms in total. The Bertz CT molecular complexity index is 850.